The summed E-state index contributed by atoms with van der Waals surface area (Å²) in [5.74, 6) is -0.429. The number of ketones is 1. The van der Waals surface area contributed by atoms with Gasteiger partial charge in [-0.25, -0.2) is 4.39 Å². The molecular formula is C14H17FO2S. The van der Waals surface area contributed by atoms with Gasteiger partial charge >= 0.3 is 0 Å². The van der Waals surface area contributed by atoms with E-state index in [2.05, 4.69) is 0 Å². The maximum Gasteiger partial charge on any atom is 0.149 e. The quantitative estimate of drug-likeness (QED) is 0.822. The normalized spacial score (nSPS) is 17.8. The summed E-state index contributed by atoms with van der Waals surface area (Å²) in [6, 6.07) is 6.25. The summed E-state index contributed by atoms with van der Waals surface area (Å²) in [6.45, 7) is 0. The van der Waals surface area contributed by atoms with Crippen molar-refractivity contribution in [2.45, 2.75) is 37.4 Å². The van der Waals surface area contributed by atoms with Crippen LogP contribution in [-0.4, -0.2) is 21.0 Å². The zero-order valence-electron chi connectivity index (χ0n) is 10.2. The van der Waals surface area contributed by atoms with Crippen LogP contribution in [0.15, 0.2) is 24.3 Å². The molecule has 4 heteroatoms. The molecule has 18 heavy (non-hydrogen) atoms. The lowest BCUT2D eigenvalue weighted by molar-refractivity contribution is -0.116. The van der Waals surface area contributed by atoms with Gasteiger partial charge in [0.15, 0.2) is 0 Å². The van der Waals surface area contributed by atoms with E-state index in [1.807, 2.05) is 0 Å². The topological polar surface area (TPSA) is 34.1 Å². The first-order valence-electron chi connectivity index (χ1n) is 6.29. The number of carbonyl (C=O) groups excluding carboxylic acids is 1. The Morgan fingerprint density at radius 2 is 1.94 bits per heavy atom. The van der Waals surface area contributed by atoms with Gasteiger partial charge in [0.1, 0.15) is 11.6 Å². The summed E-state index contributed by atoms with van der Waals surface area (Å²) in [6.07, 6.45) is 4.18. The van der Waals surface area contributed by atoms with Crippen molar-refractivity contribution in [2.24, 2.45) is 0 Å². The molecule has 1 fully saturated rings. The molecule has 0 aromatic heterocycles. The van der Waals surface area contributed by atoms with Gasteiger partial charge in [0.25, 0.3) is 0 Å². The second-order valence-corrected chi connectivity index (χ2v) is 6.46. The highest BCUT2D eigenvalue weighted by atomic mass is 32.2. The number of benzene rings is 1. The molecule has 98 valence electrons. The molecule has 1 aliphatic rings. The average Bonchev–Trinajstić information content (AvgIpc) is 2.85. The molecule has 2 nitrogen and oxygen atoms in total. The van der Waals surface area contributed by atoms with Crippen molar-refractivity contribution in [1.29, 1.82) is 0 Å². The lowest BCUT2D eigenvalue weighted by Crippen LogP contribution is -2.21. The van der Waals surface area contributed by atoms with Gasteiger partial charge in [-0.05, 0) is 24.5 Å². The van der Waals surface area contributed by atoms with Crippen LogP contribution in [0.3, 0.4) is 0 Å². The second-order valence-electron chi connectivity index (χ2n) is 4.74. The van der Waals surface area contributed by atoms with Crippen molar-refractivity contribution in [2.75, 3.05) is 5.75 Å². The lowest BCUT2D eigenvalue weighted by Gasteiger charge is -2.08. The third kappa shape index (κ3) is 3.48. The van der Waals surface area contributed by atoms with Crippen LogP contribution in [0.5, 0.6) is 0 Å². The Balaban J connectivity index is 1.89. The molecule has 1 aromatic carbocycles. The Hall–Kier alpha value is -1.03. The number of hydrogen-bond acceptors (Lipinski definition) is 2. The van der Waals surface area contributed by atoms with Crippen LogP contribution in [-0.2, 0) is 22.0 Å². The molecule has 1 saturated carbocycles. The summed E-state index contributed by atoms with van der Waals surface area (Å²) < 4.78 is 25.3. The van der Waals surface area contributed by atoms with Crippen LogP contribution < -0.4 is 0 Å². The maximum absolute atomic E-state index is 13.4. The Bertz CT molecular complexity index is 453. The monoisotopic (exact) mass is 268 g/mol. The molecule has 0 amide bonds. The number of carbonyl (C=O) groups is 1. The third-order valence-corrected chi connectivity index (χ3v) is 5.14. The van der Waals surface area contributed by atoms with Gasteiger partial charge in [0, 0.05) is 22.5 Å². The van der Waals surface area contributed by atoms with E-state index in [0.29, 0.717) is 5.56 Å². The van der Waals surface area contributed by atoms with Gasteiger partial charge < -0.3 is 0 Å². The average molecular weight is 268 g/mol. The molecule has 0 saturated heterocycles. The molecule has 0 N–H and O–H groups in total. The van der Waals surface area contributed by atoms with Crippen molar-refractivity contribution in [3.63, 3.8) is 0 Å². The van der Waals surface area contributed by atoms with E-state index in [1.165, 1.54) is 6.07 Å². The predicted octanol–water partition coefficient (Wildman–Crippen LogP) is 2.63. The Morgan fingerprint density at radius 1 is 1.28 bits per heavy atom. The van der Waals surface area contributed by atoms with Gasteiger partial charge in [0.2, 0.25) is 0 Å². The zero-order valence-corrected chi connectivity index (χ0v) is 11.0. The number of halogens is 1. The van der Waals surface area contributed by atoms with E-state index in [1.54, 1.807) is 18.2 Å². The van der Waals surface area contributed by atoms with Crippen LogP contribution in [0, 0.1) is 5.82 Å². The van der Waals surface area contributed by atoms with Crippen LogP contribution >= 0.6 is 0 Å². The first-order valence-corrected chi connectivity index (χ1v) is 7.67. The van der Waals surface area contributed by atoms with Crippen LogP contribution in [0.1, 0.15) is 31.2 Å². The number of Topliss-reactive ketones (excluding diaryl/α,β-unsaturated/α-hetero) is 1. The molecule has 0 radical (unpaired) electrons. The van der Waals surface area contributed by atoms with Crippen molar-refractivity contribution >= 4 is 16.6 Å². The van der Waals surface area contributed by atoms with Gasteiger partial charge in [-0.1, -0.05) is 31.0 Å². The van der Waals surface area contributed by atoms with Crippen molar-refractivity contribution < 1.29 is 13.4 Å². The van der Waals surface area contributed by atoms with Gasteiger partial charge in [0.05, 0.1) is 5.75 Å². The van der Waals surface area contributed by atoms with E-state index >= 15 is 0 Å². The highest BCUT2D eigenvalue weighted by molar-refractivity contribution is 7.86. The highest BCUT2D eigenvalue weighted by Gasteiger charge is 2.23. The maximum atomic E-state index is 13.4. The molecule has 0 heterocycles. The fourth-order valence-corrected chi connectivity index (χ4v) is 3.85. The van der Waals surface area contributed by atoms with Crippen molar-refractivity contribution in [3.8, 4) is 0 Å². The van der Waals surface area contributed by atoms with E-state index in [4.69, 9.17) is 0 Å². The molecule has 1 aromatic rings. The number of hydrogen-bond donors (Lipinski definition) is 0. The molecule has 1 atom stereocenters. The lowest BCUT2D eigenvalue weighted by atomic mass is 10.1. The standard InChI is InChI=1S/C14H17FO2S/c15-14-8-4-1-5-11(14)9-12(16)10-18(17)13-6-2-3-7-13/h1,4-5,8,13H,2-3,6-7,9-10H2. The fraction of sp³-hybridized carbons (Fsp3) is 0.500. The van der Waals surface area contributed by atoms with E-state index < -0.39 is 10.8 Å². The minimum Gasteiger partial charge on any atom is -0.298 e. The summed E-state index contributed by atoms with van der Waals surface area (Å²) in [5, 5.41) is 0.176. The van der Waals surface area contributed by atoms with Gasteiger partial charge in [-0.2, -0.15) is 0 Å². The third-order valence-electron chi connectivity index (χ3n) is 3.32. The van der Waals surface area contributed by atoms with Crippen molar-refractivity contribution in [3.05, 3.63) is 35.6 Å². The SMILES string of the molecule is O=C(Cc1ccccc1F)CS(=O)C1CCCC1. The number of rotatable bonds is 5. The smallest absolute Gasteiger partial charge is 0.149 e. The van der Waals surface area contributed by atoms with Gasteiger partial charge in [-0.3, -0.25) is 9.00 Å². The Labute approximate surface area is 109 Å². The molecule has 2 rings (SSSR count). The Kier molecular flexibility index (Phi) is 4.64. The van der Waals surface area contributed by atoms with E-state index in [-0.39, 0.29) is 29.0 Å². The molecule has 0 aliphatic heterocycles. The summed E-state index contributed by atoms with van der Waals surface area (Å²) in [4.78, 5) is 11.8. The zero-order chi connectivity index (χ0) is 13.0. The first-order chi connectivity index (χ1) is 8.66. The fourth-order valence-electron chi connectivity index (χ4n) is 2.33. The van der Waals surface area contributed by atoms with Crippen LogP contribution in [0.25, 0.3) is 0 Å². The minimum atomic E-state index is -1.08. The highest BCUT2D eigenvalue weighted by Crippen LogP contribution is 2.23. The molecule has 1 aliphatic carbocycles. The molecular weight excluding hydrogens is 251 g/mol. The largest absolute Gasteiger partial charge is 0.298 e. The van der Waals surface area contributed by atoms with E-state index in [0.717, 1.165) is 25.7 Å². The summed E-state index contributed by atoms with van der Waals surface area (Å²) >= 11 is 0. The second kappa shape index (κ2) is 6.23. The van der Waals surface area contributed by atoms with Crippen molar-refractivity contribution in [1.82, 2.24) is 0 Å². The molecule has 0 bridgehead atoms. The van der Waals surface area contributed by atoms with Crippen LogP contribution in [0.4, 0.5) is 4.39 Å². The summed E-state index contributed by atoms with van der Waals surface area (Å²) in [5.41, 5.74) is 0.394. The molecule has 0 spiro atoms. The Morgan fingerprint density at radius 3 is 2.61 bits per heavy atom. The minimum absolute atomic E-state index is 0.0468. The first kappa shape index (κ1) is 13.4. The predicted molar refractivity (Wildman–Crippen MR) is 70.4 cm³/mol. The molecule has 1 unspecified atom stereocenters. The van der Waals surface area contributed by atoms with Gasteiger partial charge in [-0.15, -0.1) is 0 Å². The van der Waals surface area contributed by atoms with Crippen LogP contribution in [0.2, 0.25) is 0 Å². The van der Waals surface area contributed by atoms with E-state index in [9.17, 15) is 13.4 Å². The summed E-state index contributed by atoms with van der Waals surface area (Å²) in [7, 11) is -1.08.